The molecule has 0 bridgehead atoms. The Labute approximate surface area is 134 Å². The van der Waals surface area contributed by atoms with Crippen LogP contribution in [0.5, 0.6) is 0 Å². The van der Waals surface area contributed by atoms with E-state index < -0.39 is 12.1 Å². The summed E-state index contributed by atoms with van der Waals surface area (Å²) < 4.78 is 0.705. The average molecular weight is 370 g/mol. The summed E-state index contributed by atoms with van der Waals surface area (Å²) in [4.78, 5) is 2.32. The van der Waals surface area contributed by atoms with Crippen molar-refractivity contribution in [2.24, 2.45) is 0 Å². The third kappa shape index (κ3) is 3.63. The molecule has 1 aromatic carbocycles. The number of nitrogens with zero attached hydrogens (tertiary/aromatic N) is 1. The van der Waals surface area contributed by atoms with Gasteiger partial charge in [-0.3, -0.25) is 0 Å². The van der Waals surface area contributed by atoms with Crippen LogP contribution in [0.4, 0.5) is 0 Å². The molecule has 1 unspecified atom stereocenters. The van der Waals surface area contributed by atoms with Crippen LogP contribution in [-0.4, -0.2) is 24.5 Å². The first kappa shape index (κ1) is 16.9. The van der Waals surface area contributed by atoms with Crippen LogP contribution in [0.15, 0.2) is 30.3 Å². The summed E-state index contributed by atoms with van der Waals surface area (Å²) in [6.45, 7) is 7.16. The fourth-order valence-corrected chi connectivity index (χ4v) is 9.74. The first-order chi connectivity index (χ1) is 9.35. The van der Waals surface area contributed by atoms with Gasteiger partial charge in [-0.05, 0) is 0 Å². The summed E-state index contributed by atoms with van der Waals surface area (Å²) in [5.74, 6) is 0. The summed E-state index contributed by atoms with van der Waals surface area (Å²) in [5.41, 5.74) is 2.38. The maximum atomic E-state index is 6.83. The van der Waals surface area contributed by atoms with E-state index in [0.29, 0.717) is 4.73 Å². The minimum atomic E-state index is -4.06. The molecule has 2 rings (SSSR count). The van der Waals surface area contributed by atoms with Crippen LogP contribution < -0.4 is 0 Å². The second-order valence-electron chi connectivity index (χ2n) is 5.39. The van der Waals surface area contributed by atoms with E-state index in [9.17, 15) is 0 Å². The van der Waals surface area contributed by atoms with Crippen molar-refractivity contribution in [3.8, 4) is 0 Å². The topological polar surface area (TPSA) is 3.24 Å². The van der Waals surface area contributed by atoms with Crippen LogP contribution in [0, 0.1) is 0 Å². The predicted molar refractivity (Wildman–Crippen MR) is 88.4 cm³/mol. The zero-order valence-corrected chi connectivity index (χ0v) is 15.8. The van der Waals surface area contributed by atoms with E-state index in [0.717, 1.165) is 19.6 Å². The number of benzene rings is 1. The molecular formula is C15H21Cl3NTi. The molecule has 0 fully saturated rings. The second kappa shape index (κ2) is 6.32. The fraction of sp³-hybridized carbons (Fsp3) is 0.467. The van der Waals surface area contributed by atoms with Crippen LogP contribution in [0.25, 0.3) is 6.08 Å². The second-order valence-corrected chi connectivity index (χ2v) is 23.8. The zero-order valence-electron chi connectivity index (χ0n) is 12.0. The van der Waals surface area contributed by atoms with E-state index in [1.165, 1.54) is 11.1 Å². The van der Waals surface area contributed by atoms with E-state index >= 15 is 0 Å². The average Bonchev–Trinajstić information content (AvgIpc) is 2.84. The molecule has 0 saturated carbocycles. The third-order valence-electron chi connectivity index (χ3n) is 4.12. The zero-order chi connectivity index (χ0) is 14.8. The third-order valence-corrected chi connectivity index (χ3v) is 13.6. The number of allylic oxidation sites excluding steroid dienone is 1. The first-order valence-electron chi connectivity index (χ1n) is 7.14. The van der Waals surface area contributed by atoms with Gasteiger partial charge in [0.1, 0.15) is 0 Å². The number of halogens is 3. The fourth-order valence-electron chi connectivity index (χ4n) is 2.76. The molecular weight excluding hydrogens is 348 g/mol. The van der Waals surface area contributed by atoms with Gasteiger partial charge in [0.25, 0.3) is 0 Å². The quantitative estimate of drug-likeness (QED) is 0.584. The molecule has 0 spiro atoms. The molecule has 5 heteroatoms. The summed E-state index contributed by atoms with van der Waals surface area (Å²) in [7, 11) is 20.5. The molecule has 0 saturated heterocycles. The Balaban J connectivity index is 2.19. The number of hydrogen-bond acceptors (Lipinski definition) is 1. The van der Waals surface area contributed by atoms with Gasteiger partial charge < -0.3 is 0 Å². The van der Waals surface area contributed by atoms with Crippen molar-refractivity contribution in [2.45, 2.75) is 22.8 Å². The molecule has 111 valence electrons. The van der Waals surface area contributed by atoms with Gasteiger partial charge in [-0.2, -0.15) is 0 Å². The number of rotatable bonds is 6. The van der Waals surface area contributed by atoms with E-state index in [4.69, 9.17) is 27.9 Å². The number of fused-ring (bicyclic) bond motifs is 1. The molecule has 1 aliphatic rings. The van der Waals surface area contributed by atoms with Gasteiger partial charge in [-0.1, -0.05) is 0 Å². The van der Waals surface area contributed by atoms with Gasteiger partial charge in [0, 0.05) is 0 Å². The van der Waals surface area contributed by atoms with Crippen molar-refractivity contribution in [3.63, 3.8) is 0 Å². The Morgan fingerprint density at radius 1 is 1.10 bits per heavy atom. The molecule has 1 nitrogen and oxygen atoms in total. The van der Waals surface area contributed by atoms with Gasteiger partial charge in [0.2, 0.25) is 0 Å². The minimum absolute atomic E-state index is 0.00348. The summed E-state index contributed by atoms with van der Waals surface area (Å²) in [6.07, 6.45) is 4.18. The monoisotopic (exact) mass is 368 g/mol. The molecule has 0 amide bonds. The van der Waals surface area contributed by atoms with Crippen molar-refractivity contribution in [1.82, 2.24) is 4.90 Å². The van der Waals surface area contributed by atoms with E-state index in [1.807, 2.05) is 12.1 Å². The Bertz CT molecular complexity index is 503. The van der Waals surface area contributed by atoms with Crippen molar-refractivity contribution < 1.29 is 12.1 Å². The molecule has 0 N–H and O–H groups in total. The van der Waals surface area contributed by atoms with Crippen molar-refractivity contribution in [2.75, 3.05) is 19.6 Å². The molecule has 0 aromatic heterocycles. The van der Waals surface area contributed by atoms with Crippen LogP contribution in [0.2, 0.25) is 4.73 Å². The Morgan fingerprint density at radius 2 is 1.75 bits per heavy atom. The van der Waals surface area contributed by atoms with Crippen LogP contribution >= 0.6 is 27.9 Å². The van der Waals surface area contributed by atoms with E-state index in [1.54, 1.807) is 0 Å². The van der Waals surface area contributed by atoms with Gasteiger partial charge in [-0.25, -0.2) is 0 Å². The van der Waals surface area contributed by atoms with Crippen molar-refractivity contribution in [3.05, 3.63) is 41.5 Å². The van der Waals surface area contributed by atoms with Gasteiger partial charge in [0.05, 0.1) is 0 Å². The molecule has 1 aliphatic carbocycles. The molecule has 1 aromatic rings. The van der Waals surface area contributed by atoms with Crippen LogP contribution in [0.1, 0.15) is 29.2 Å². The normalized spacial score (nSPS) is 19.9. The summed E-state index contributed by atoms with van der Waals surface area (Å²) in [6, 6.07) is 8.23. The molecule has 0 aliphatic heterocycles. The maximum absolute atomic E-state index is 6.83. The van der Waals surface area contributed by atoms with E-state index in [-0.39, 0.29) is 4.22 Å². The first-order valence-corrected chi connectivity index (χ1v) is 15.6. The van der Waals surface area contributed by atoms with Crippen molar-refractivity contribution in [1.29, 1.82) is 0 Å². The van der Waals surface area contributed by atoms with Gasteiger partial charge >= 0.3 is 135 Å². The van der Waals surface area contributed by atoms with Gasteiger partial charge in [-0.15, -0.1) is 0 Å². The Morgan fingerprint density at radius 3 is 2.40 bits per heavy atom. The Hall–Kier alpha value is 0.504. The van der Waals surface area contributed by atoms with E-state index in [2.05, 4.69) is 43.0 Å². The summed E-state index contributed by atoms with van der Waals surface area (Å²) >= 11 is -4.06. The summed E-state index contributed by atoms with van der Waals surface area (Å²) in [5, 5.41) is 0. The molecule has 0 radical (unpaired) electrons. The van der Waals surface area contributed by atoms with Crippen LogP contribution in [-0.2, 0) is 12.1 Å². The number of hydrogen-bond donors (Lipinski definition) is 0. The van der Waals surface area contributed by atoms with Gasteiger partial charge in [0.15, 0.2) is 0 Å². The standard InChI is InChI=1S/C9H7.C6H14N.3ClH.Ti/c1-2-5-9-7-3-6-8(9)4-1;1-4-7(5-2)6-3;;;;/h1-7H;1,4-6H2,2-3H3;3*1H;/q;;;;;+3/p-3. The van der Waals surface area contributed by atoms with Crippen LogP contribution in [0.3, 0.4) is 0 Å². The molecule has 20 heavy (non-hydrogen) atoms. The van der Waals surface area contributed by atoms with Crippen molar-refractivity contribution >= 4 is 34.0 Å². The predicted octanol–water partition coefficient (Wildman–Crippen LogP) is 5.67. The molecule has 1 atom stereocenters. The Kier molecular flexibility index (Phi) is 5.33. The SMILES string of the molecule is CCN(CC)C[CH2][Ti]([Cl])([Cl])([Cl])[CH]1C=Cc2ccccc21. The molecule has 0 heterocycles.